The van der Waals surface area contributed by atoms with Gasteiger partial charge in [-0.1, -0.05) is 12.1 Å². The number of methoxy groups -OCH3 is 1. The molecular formula is C22H18FN3O5S. The van der Waals surface area contributed by atoms with Crippen LogP contribution in [-0.4, -0.2) is 47.4 Å². The number of hydrogen-bond acceptors (Lipinski definition) is 6. The smallest absolute Gasteiger partial charge is 0.307 e. The first-order chi connectivity index (χ1) is 15.2. The van der Waals surface area contributed by atoms with Crippen molar-refractivity contribution < 1.29 is 27.4 Å². The van der Waals surface area contributed by atoms with Crippen molar-refractivity contribution in [3.8, 4) is 22.8 Å². The van der Waals surface area contributed by atoms with E-state index in [4.69, 9.17) is 9.84 Å². The van der Waals surface area contributed by atoms with E-state index in [2.05, 4.69) is 9.97 Å². The Morgan fingerprint density at radius 3 is 2.44 bits per heavy atom. The molecule has 8 nitrogen and oxygen atoms in total. The van der Waals surface area contributed by atoms with Crippen LogP contribution in [0, 0.1) is 5.82 Å². The molecule has 0 saturated heterocycles. The fourth-order valence-corrected chi connectivity index (χ4v) is 4.17. The summed E-state index contributed by atoms with van der Waals surface area (Å²) in [5, 5.41) is 9.09. The van der Waals surface area contributed by atoms with Crippen molar-refractivity contribution in [3.05, 3.63) is 66.1 Å². The quantitative estimate of drug-likeness (QED) is 0.444. The van der Waals surface area contributed by atoms with E-state index < -0.39 is 21.6 Å². The van der Waals surface area contributed by atoms with Crippen molar-refractivity contribution in [2.45, 2.75) is 11.4 Å². The van der Waals surface area contributed by atoms with Gasteiger partial charge < -0.3 is 14.4 Å². The molecule has 10 heteroatoms. The second-order valence-electron chi connectivity index (χ2n) is 7.13. The van der Waals surface area contributed by atoms with Crippen LogP contribution in [0.25, 0.3) is 28.1 Å². The molecule has 2 aromatic heterocycles. The highest BCUT2D eigenvalue weighted by atomic mass is 32.2. The number of sulfone groups is 1. The highest BCUT2D eigenvalue weighted by Crippen LogP contribution is 2.29. The number of halogens is 1. The standard InChI is InChI=1S/C22H18FN3O5S/c1-31-18-8-5-14(12-17(18)23)20-24-21-16(22(25-20)32(2,29)30)9-10-26(21)15-6-3-13(4-7-15)11-19(27)28/h3-10,12H,11H2,1-2H3,(H,27,28). The number of carbonyl (C=O) groups is 1. The topological polar surface area (TPSA) is 111 Å². The van der Waals surface area contributed by atoms with Crippen LogP contribution < -0.4 is 4.74 Å². The number of benzene rings is 2. The maximum absolute atomic E-state index is 14.3. The molecule has 0 spiro atoms. The molecule has 0 amide bonds. The summed E-state index contributed by atoms with van der Waals surface area (Å²) in [5.41, 5.74) is 1.88. The number of hydrogen-bond donors (Lipinski definition) is 1. The van der Waals surface area contributed by atoms with Crippen molar-refractivity contribution in [2.24, 2.45) is 0 Å². The molecule has 4 rings (SSSR count). The van der Waals surface area contributed by atoms with E-state index in [9.17, 15) is 17.6 Å². The zero-order chi connectivity index (χ0) is 23.0. The van der Waals surface area contributed by atoms with Gasteiger partial charge in [0.25, 0.3) is 0 Å². The molecule has 164 valence electrons. The number of carboxylic acid groups (broad SMARTS) is 1. The first-order valence-electron chi connectivity index (χ1n) is 9.41. The monoisotopic (exact) mass is 455 g/mol. The summed E-state index contributed by atoms with van der Waals surface area (Å²) in [6, 6.07) is 12.5. The van der Waals surface area contributed by atoms with E-state index in [0.717, 1.165) is 6.26 Å². The van der Waals surface area contributed by atoms with E-state index in [0.29, 0.717) is 27.8 Å². The van der Waals surface area contributed by atoms with Gasteiger partial charge in [-0.2, -0.15) is 0 Å². The van der Waals surface area contributed by atoms with Crippen molar-refractivity contribution >= 4 is 26.8 Å². The number of carboxylic acids is 1. The molecule has 32 heavy (non-hydrogen) atoms. The summed E-state index contributed by atoms with van der Waals surface area (Å²) in [7, 11) is -2.38. The molecule has 0 aliphatic carbocycles. The van der Waals surface area contributed by atoms with Gasteiger partial charge in [-0.25, -0.2) is 22.8 Å². The summed E-state index contributed by atoms with van der Waals surface area (Å²) in [4.78, 5) is 19.6. The van der Waals surface area contributed by atoms with Crippen LogP contribution in [-0.2, 0) is 21.1 Å². The van der Waals surface area contributed by atoms with E-state index in [1.807, 2.05) is 0 Å². The fraction of sp³-hybridized carbons (Fsp3) is 0.136. The molecule has 0 unspecified atom stereocenters. The maximum Gasteiger partial charge on any atom is 0.307 e. The highest BCUT2D eigenvalue weighted by Gasteiger charge is 2.21. The van der Waals surface area contributed by atoms with Gasteiger partial charge >= 0.3 is 5.97 Å². The van der Waals surface area contributed by atoms with Crippen molar-refractivity contribution in [1.82, 2.24) is 14.5 Å². The third-order valence-corrected chi connectivity index (χ3v) is 5.85. The third-order valence-electron chi connectivity index (χ3n) is 4.84. The van der Waals surface area contributed by atoms with Crippen molar-refractivity contribution in [3.63, 3.8) is 0 Å². The average Bonchev–Trinajstić information content (AvgIpc) is 3.16. The largest absolute Gasteiger partial charge is 0.494 e. The average molecular weight is 455 g/mol. The van der Waals surface area contributed by atoms with Gasteiger partial charge in [-0.3, -0.25) is 4.79 Å². The number of aromatic nitrogens is 3. The van der Waals surface area contributed by atoms with Crippen LogP contribution in [0.15, 0.2) is 59.8 Å². The van der Waals surface area contributed by atoms with E-state index in [1.165, 1.54) is 19.2 Å². The summed E-state index contributed by atoms with van der Waals surface area (Å²) in [5.74, 6) is -1.48. The first kappa shape index (κ1) is 21.4. The first-order valence-corrected chi connectivity index (χ1v) is 11.3. The Bertz CT molecular complexity index is 1450. The minimum Gasteiger partial charge on any atom is -0.494 e. The second-order valence-corrected chi connectivity index (χ2v) is 9.06. The summed E-state index contributed by atoms with van der Waals surface area (Å²) >= 11 is 0. The van der Waals surface area contributed by atoms with Gasteiger partial charge in [-0.05, 0) is 42.0 Å². The van der Waals surface area contributed by atoms with E-state index >= 15 is 0 Å². The minimum atomic E-state index is -3.72. The molecule has 2 heterocycles. The lowest BCUT2D eigenvalue weighted by Crippen LogP contribution is -2.06. The molecule has 0 aliphatic rings. The van der Waals surface area contributed by atoms with E-state index in [1.54, 1.807) is 47.2 Å². The van der Waals surface area contributed by atoms with Gasteiger partial charge in [0.05, 0.1) is 18.9 Å². The minimum absolute atomic E-state index is 0.0434. The van der Waals surface area contributed by atoms with Crippen LogP contribution in [0.4, 0.5) is 4.39 Å². The molecule has 0 aliphatic heterocycles. The molecule has 1 N–H and O–H groups in total. The number of rotatable bonds is 6. The lowest BCUT2D eigenvalue weighted by atomic mass is 10.1. The van der Waals surface area contributed by atoms with Crippen LogP contribution >= 0.6 is 0 Å². The van der Waals surface area contributed by atoms with Gasteiger partial charge in [-0.15, -0.1) is 0 Å². The lowest BCUT2D eigenvalue weighted by molar-refractivity contribution is -0.136. The molecule has 0 atom stereocenters. The zero-order valence-corrected chi connectivity index (χ0v) is 17.9. The Hall–Kier alpha value is -3.79. The van der Waals surface area contributed by atoms with Crippen molar-refractivity contribution in [2.75, 3.05) is 13.4 Å². The Balaban J connectivity index is 1.91. The van der Waals surface area contributed by atoms with Crippen LogP contribution in [0.1, 0.15) is 5.56 Å². The third kappa shape index (κ3) is 4.04. The predicted octanol–water partition coefficient (Wildman–Crippen LogP) is 3.27. The van der Waals surface area contributed by atoms with Gasteiger partial charge in [0.1, 0.15) is 5.65 Å². The SMILES string of the molecule is COc1ccc(-c2nc(S(C)(=O)=O)c3ccn(-c4ccc(CC(=O)O)cc4)c3n2)cc1F. The zero-order valence-electron chi connectivity index (χ0n) is 17.1. The van der Waals surface area contributed by atoms with Gasteiger partial charge in [0.2, 0.25) is 0 Å². The number of aliphatic carboxylic acids is 1. The Labute approximate surface area is 182 Å². The van der Waals surface area contributed by atoms with Gasteiger partial charge in [0.15, 0.2) is 32.3 Å². The number of fused-ring (bicyclic) bond motifs is 1. The Morgan fingerprint density at radius 2 is 1.84 bits per heavy atom. The molecule has 4 aromatic rings. The number of nitrogens with zero attached hydrogens (tertiary/aromatic N) is 3. The number of ether oxygens (including phenoxy) is 1. The lowest BCUT2D eigenvalue weighted by Gasteiger charge is -2.10. The van der Waals surface area contributed by atoms with Crippen LogP contribution in [0.5, 0.6) is 5.75 Å². The van der Waals surface area contributed by atoms with E-state index in [-0.39, 0.29) is 23.0 Å². The maximum atomic E-state index is 14.3. The highest BCUT2D eigenvalue weighted by molar-refractivity contribution is 7.90. The predicted molar refractivity (Wildman–Crippen MR) is 115 cm³/mol. The molecule has 0 saturated carbocycles. The summed E-state index contributed by atoms with van der Waals surface area (Å²) in [6.07, 6.45) is 2.59. The Morgan fingerprint density at radius 1 is 1.12 bits per heavy atom. The fourth-order valence-electron chi connectivity index (χ4n) is 3.36. The molecular weight excluding hydrogens is 437 g/mol. The molecule has 2 aromatic carbocycles. The summed E-state index contributed by atoms with van der Waals surface area (Å²) < 4.78 is 45.7. The molecule has 0 radical (unpaired) electrons. The normalized spacial score (nSPS) is 11.6. The van der Waals surface area contributed by atoms with Crippen LogP contribution in [0.3, 0.4) is 0 Å². The van der Waals surface area contributed by atoms with Gasteiger partial charge in [0, 0.05) is 23.7 Å². The second kappa shape index (κ2) is 8.04. The molecule has 0 fully saturated rings. The van der Waals surface area contributed by atoms with Crippen molar-refractivity contribution in [1.29, 1.82) is 0 Å². The molecule has 0 bridgehead atoms. The van der Waals surface area contributed by atoms with Crippen LogP contribution in [0.2, 0.25) is 0 Å². The Kier molecular flexibility index (Phi) is 5.39. The summed E-state index contributed by atoms with van der Waals surface area (Å²) in [6.45, 7) is 0.